The van der Waals surface area contributed by atoms with Gasteiger partial charge < -0.3 is 9.84 Å². The second-order valence-corrected chi connectivity index (χ2v) is 3.77. The van der Waals surface area contributed by atoms with E-state index in [-0.39, 0.29) is 6.04 Å². The second-order valence-electron chi connectivity index (χ2n) is 3.77. The Morgan fingerprint density at radius 2 is 2.00 bits per heavy atom. The molecule has 1 aliphatic carbocycles. The Labute approximate surface area is 77.5 Å². The fourth-order valence-corrected chi connectivity index (χ4v) is 1.92. The minimum absolute atomic E-state index is 0.246. The van der Waals surface area contributed by atoms with Gasteiger partial charge in [0.05, 0.1) is 13.2 Å². The second kappa shape index (κ2) is 3.64. The van der Waals surface area contributed by atoms with Gasteiger partial charge in [0.15, 0.2) is 0 Å². The molecule has 1 saturated carbocycles. The van der Waals surface area contributed by atoms with Crippen LogP contribution in [0.15, 0.2) is 0 Å². The SMILES string of the molecule is O=C(O)[C@H](C1CC1)N1CCOCC1. The fourth-order valence-electron chi connectivity index (χ4n) is 1.92. The van der Waals surface area contributed by atoms with Gasteiger partial charge in [-0.2, -0.15) is 0 Å². The molecule has 0 aromatic heterocycles. The number of aliphatic carboxylic acids is 1. The maximum Gasteiger partial charge on any atom is 0.321 e. The number of nitrogens with zero attached hydrogens (tertiary/aromatic N) is 1. The highest BCUT2D eigenvalue weighted by molar-refractivity contribution is 5.74. The van der Waals surface area contributed by atoms with Gasteiger partial charge in [0, 0.05) is 13.1 Å². The third kappa shape index (κ3) is 2.00. The van der Waals surface area contributed by atoms with Crippen molar-refractivity contribution in [2.24, 2.45) is 5.92 Å². The molecule has 2 fully saturated rings. The van der Waals surface area contributed by atoms with E-state index in [0.29, 0.717) is 19.1 Å². The van der Waals surface area contributed by atoms with E-state index in [4.69, 9.17) is 9.84 Å². The molecule has 1 atom stereocenters. The summed E-state index contributed by atoms with van der Waals surface area (Å²) in [5, 5.41) is 9.05. The van der Waals surface area contributed by atoms with E-state index >= 15 is 0 Å². The first-order chi connectivity index (χ1) is 6.29. The lowest BCUT2D eigenvalue weighted by molar-refractivity contribution is -0.146. The standard InChI is InChI=1S/C9H15NO3/c11-9(12)8(7-1-2-7)10-3-5-13-6-4-10/h7-8H,1-6H2,(H,11,12)/t8-/m0/s1. The van der Waals surface area contributed by atoms with Crippen molar-refractivity contribution in [3.8, 4) is 0 Å². The van der Waals surface area contributed by atoms with Gasteiger partial charge in [-0.1, -0.05) is 0 Å². The highest BCUT2D eigenvalue weighted by atomic mass is 16.5. The number of ether oxygens (including phenoxy) is 1. The molecular weight excluding hydrogens is 170 g/mol. The van der Waals surface area contributed by atoms with Crippen LogP contribution < -0.4 is 0 Å². The van der Waals surface area contributed by atoms with Gasteiger partial charge in [-0.3, -0.25) is 9.69 Å². The van der Waals surface area contributed by atoms with Crippen molar-refractivity contribution in [1.29, 1.82) is 0 Å². The molecule has 13 heavy (non-hydrogen) atoms. The van der Waals surface area contributed by atoms with Gasteiger partial charge in [0.1, 0.15) is 6.04 Å². The van der Waals surface area contributed by atoms with E-state index in [1.54, 1.807) is 0 Å². The zero-order chi connectivity index (χ0) is 9.26. The molecule has 4 nitrogen and oxygen atoms in total. The molecule has 4 heteroatoms. The van der Waals surface area contributed by atoms with Crippen LogP contribution in [0.25, 0.3) is 0 Å². The zero-order valence-corrected chi connectivity index (χ0v) is 7.61. The number of hydrogen-bond acceptors (Lipinski definition) is 3. The summed E-state index contributed by atoms with van der Waals surface area (Å²) in [5.41, 5.74) is 0. The monoisotopic (exact) mass is 185 g/mol. The van der Waals surface area contributed by atoms with Gasteiger partial charge in [0.25, 0.3) is 0 Å². The zero-order valence-electron chi connectivity index (χ0n) is 7.61. The molecule has 1 N–H and O–H groups in total. The van der Waals surface area contributed by atoms with Crippen LogP contribution in [0.1, 0.15) is 12.8 Å². The molecule has 2 aliphatic rings. The molecule has 0 aromatic rings. The van der Waals surface area contributed by atoms with Crippen molar-refractivity contribution in [3.63, 3.8) is 0 Å². The van der Waals surface area contributed by atoms with Gasteiger partial charge in [-0.05, 0) is 18.8 Å². The number of rotatable bonds is 3. The maximum absolute atomic E-state index is 11.0. The highest BCUT2D eigenvalue weighted by Crippen LogP contribution is 2.35. The number of carbonyl (C=O) groups is 1. The Bertz CT molecular complexity index is 197. The third-order valence-electron chi connectivity index (χ3n) is 2.76. The Morgan fingerprint density at radius 3 is 2.46 bits per heavy atom. The summed E-state index contributed by atoms with van der Waals surface area (Å²) < 4.78 is 5.20. The minimum atomic E-state index is -0.663. The summed E-state index contributed by atoms with van der Waals surface area (Å²) in [4.78, 5) is 13.0. The Kier molecular flexibility index (Phi) is 2.51. The van der Waals surface area contributed by atoms with Crippen molar-refractivity contribution >= 4 is 5.97 Å². The van der Waals surface area contributed by atoms with Crippen LogP contribution >= 0.6 is 0 Å². The molecule has 1 saturated heterocycles. The lowest BCUT2D eigenvalue weighted by Gasteiger charge is -2.31. The molecule has 0 aromatic carbocycles. The van der Waals surface area contributed by atoms with Crippen LogP contribution in [-0.4, -0.2) is 48.3 Å². The molecule has 1 heterocycles. The van der Waals surface area contributed by atoms with E-state index in [9.17, 15) is 4.79 Å². The number of carboxylic acid groups (broad SMARTS) is 1. The van der Waals surface area contributed by atoms with Gasteiger partial charge >= 0.3 is 5.97 Å². The summed E-state index contributed by atoms with van der Waals surface area (Å²) in [6.07, 6.45) is 2.16. The Morgan fingerprint density at radius 1 is 1.38 bits per heavy atom. The molecule has 2 rings (SSSR count). The average Bonchev–Trinajstić information content (AvgIpc) is 2.90. The van der Waals surface area contributed by atoms with E-state index in [0.717, 1.165) is 25.9 Å². The van der Waals surface area contributed by atoms with Gasteiger partial charge in [-0.25, -0.2) is 0 Å². The van der Waals surface area contributed by atoms with E-state index in [1.165, 1.54) is 0 Å². The lowest BCUT2D eigenvalue weighted by atomic mass is 10.1. The van der Waals surface area contributed by atoms with Crippen molar-refractivity contribution in [2.75, 3.05) is 26.3 Å². The molecule has 1 aliphatic heterocycles. The quantitative estimate of drug-likeness (QED) is 0.681. The molecule has 0 amide bonds. The first-order valence-corrected chi connectivity index (χ1v) is 4.83. The molecule has 0 spiro atoms. The van der Waals surface area contributed by atoms with E-state index < -0.39 is 5.97 Å². The van der Waals surface area contributed by atoms with Crippen LogP contribution in [0.5, 0.6) is 0 Å². The number of hydrogen-bond donors (Lipinski definition) is 1. The molecule has 0 radical (unpaired) electrons. The Hall–Kier alpha value is -0.610. The third-order valence-corrected chi connectivity index (χ3v) is 2.76. The summed E-state index contributed by atoms with van der Waals surface area (Å²) in [6, 6.07) is -0.246. The molecular formula is C9H15NO3. The van der Waals surface area contributed by atoms with Crippen molar-refractivity contribution in [1.82, 2.24) is 4.90 Å². The fraction of sp³-hybridized carbons (Fsp3) is 0.889. The average molecular weight is 185 g/mol. The van der Waals surface area contributed by atoms with Crippen LogP contribution in [0, 0.1) is 5.92 Å². The largest absolute Gasteiger partial charge is 0.480 e. The summed E-state index contributed by atoms with van der Waals surface area (Å²) in [5.74, 6) is -0.264. The number of morpholine rings is 1. The van der Waals surface area contributed by atoms with Crippen LogP contribution in [0.2, 0.25) is 0 Å². The first-order valence-electron chi connectivity index (χ1n) is 4.83. The lowest BCUT2D eigenvalue weighted by Crippen LogP contribution is -2.48. The highest BCUT2D eigenvalue weighted by Gasteiger charge is 2.40. The smallest absolute Gasteiger partial charge is 0.321 e. The van der Waals surface area contributed by atoms with E-state index in [2.05, 4.69) is 0 Å². The topological polar surface area (TPSA) is 49.8 Å². The summed E-state index contributed by atoms with van der Waals surface area (Å²) in [6.45, 7) is 2.90. The maximum atomic E-state index is 11.0. The van der Waals surface area contributed by atoms with Crippen LogP contribution in [0.3, 0.4) is 0 Å². The van der Waals surface area contributed by atoms with E-state index in [1.807, 2.05) is 4.90 Å². The molecule has 0 unspecified atom stereocenters. The molecule has 74 valence electrons. The van der Waals surface area contributed by atoms with Crippen molar-refractivity contribution in [3.05, 3.63) is 0 Å². The first kappa shape index (κ1) is 8.97. The predicted molar refractivity (Wildman–Crippen MR) is 46.5 cm³/mol. The normalized spacial score (nSPS) is 27.1. The summed E-state index contributed by atoms with van der Waals surface area (Å²) in [7, 11) is 0. The van der Waals surface area contributed by atoms with Gasteiger partial charge in [-0.15, -0.1) is 0 Å². The number of carboxylic acids is 1. The Balaban J connectivity index is 1.96. The van der Waals surface area contributed by atoms with Crippen molar-refractivity contribution < 1.29 is 14.6 Å². The van der Waals surface area contributed by atoms with Crippen LogP contribution in [-0.2, 0) is 9.53 Å². The minimum Gasteiger partial charge on any atom is -0.480 e. The van der Waals surface area contributed by atoms with Gasteiger partial charge in [0.2, 0.25) is 0 Å². The predicted octanol–water partition coefficient (Wildman–Crippen LogP) is 0.182. The summed E-state index contributed by atoms with van der Waals surface area (Å²) >= 11 is 0. The molecule has 0 bridgehead atoms. The van der Waals surface area contributed by atoms with Crippen LogP contribution in [0.4, 0.5) is 0 Å². The van der Waals surface area contributed by atoms with Crippen molar-refractivity contribution in [2.45, 2.75) is 18.9 Å².